The Balaban J connectivity index is 1.85. The first-order chi connectivity index (χ1) is 7.84. The van der Waals surface area contributed by atoms with Crippen molar-refractivity contribution in [3.05, 3.63) is 16.5 Å². The molecule has 0 aliphatic carbocycles. The van der Waals surface area contributed by atoms with Crippen LogP contribution in [0.15, 0.2) is 6.07 Å². The number of piperidine rings is 1. The van der Waals surface area contributed by atoms with Gasteiger partial charge in [0.25, 0.3) is 0 Å². The molecule has 2 aliphatic rings. The number of thiophene rings is 1. The molecule has 1 aromatic rings. The van der Waals surface area contributed by atoms with Crippen LogP contribution in [0.1, 0.15) is 42.7 Å². The van der Waals surface area contributed by atoms with Crippen LogP contribution in [0.4, 0.5) is 5.00 Å². The Labute approximate surface area is 101 Å². The molecule has 2 aliphatic heterocycles. The SMILES string of the molecule is CC1OCCc2sc(N3CCCCC3)cc21. The van der Waals surface area contributed by atoms with Crippen molar-refractivity contribution in [3.63, 3.8) is 0 Å². The lowest BCUT2D eigenvalue weighted by Crippen LogP contribution is -2.28. The third kappa shape index (κ3) is 1.87. The van der Waals surface area contributed by atoms with Gasteiger partial charge in [-0.1, -0.05) is 0 Å². The fourth-order valence-electron chi connectivity index (χ4n) is 2.66. The Bertz CT molecular complexity index is 368. The Morgan fingerprint density at radius 2 is 2.12 bits per heavy atom. The predicted octanol–water partition coefficient (Wildman–Crippen LogP) is 3.37. The van der Waals surface area contributed by atoms with Crippen LogP contribution in [0, 0.1) is 0 Å². The third-order valence-corrected chi connectivity index (χ3v) is 4.90. The van der Waals surface area contributed by atoms with E-state index in [1.807, 2.05) is 11.3 Å². The summed E-state index contributed by atoms with van der Waals surface area (Å²) < 4.78 is 5.69. The van der Waals surface area contributed by atoms with E-state index in [4.69, 9.17) is 4.74 Å². The molecule has 3 heterocycles. The Morgan fingerprint density at radius 3 is 2.88 bits per heavy atom. The molecular formula is C13H19NOS. The van der Waals surface area contributed by atoms with E-state index in [1.165, 1.54) is 42.9 Å². The molecule has 2 nitrogen and oxygen atoms in total. The van der Waals surface area contributed by atoms with Crippen molar-refractivity contribution in [1.82, 2.24) is 0 Å². The van der Waals surface area contributed by atoms with Gasteiger partial charge >= 0.3 is 0 Å². The zero-order valence-electron chi connectivity index (χ0n) is 9.87. The zero-order chi connectivity index (χ0) is 11.0. The second-order valence-corrected chi connectivity index (χ2v) is 5.89. The van der Waals surface area contributed by atoms with Gasteiger partial charge in [-0.2, -0.15) is 0 Å². The number of nitrogens with zero attached hydrogens (tertiary/aromatic N) is 1. The van der Waals surface area contributed by atoms with Crippen molar-refractivity contribution in [3.8, 4) is 0 Å². The van der Waals surface area contributed by atoms with Crippen LogP contribution >= 0.6 is 11.3 Å². The van der Waals surface area contributed by atoms with E-state index in [0.29, 0.717) is 6.10 Å². The topological polar surface area (TPSA) is 12.5 Å². The van der Waals surface area contributed by atoms with Crippen LogP contribution < -0.4 is 4.90 Å². The molecule has 0 saturated carbocycles. The van der Waals surface area contributed by atoms with E-state index in [2.05, 4.69) is 17.9 Å². The second kappa shape index (κ2) is 4.38. The highest BCUT2D eigenvalue weighted by Crippen LogP contribution is 2.38. The van der Waals surface area contributed by atoms with Gasteiger partial charge in [0.2, 0.25) is 0 Å². The molecule has 16 heavy (non-hydrogen) atoms. The van der Waals surface area contributed by atoms with Crippen LogP contribution in [0.25, 0.3) is 0 Å². The number of fused-ring (bicyclic) bond motifs is 1. The molecule has 0 bridgehead atoms. The average Bonchev–Trinajstić information content (AvgIpc) is 2.76. The van der Waals surface area contributed by atoms with Gasteiger partial charge in [-0.25, -0.2) is 0 Å². The monoisotopic (exact) mass is 237 g/mol. The summed E-state index contributed by atoms with van der Waals surface area (Å²) in [7, 11) is 0. The largest absolute Gasteiger partial charge is 0.373 e. The molecule has 88 valence electrons. The molecule has 3 heteroatoms. The number of ether oxygens (including phenoxy) is 1. The molecule has 0 radical (unpaired) electrons. The first-order valence-corrected chi connectivity index (χ1v) is 7.15. The standard InChI is InChI=1S/C13H19NOS/c1-10-11-9-13(14-6-3-2-4-7-14)16-12(11)5-8-15-10/h9-10H,2-8H2,1H3. The minimum atomic E-state index is 0.304. The van der Waals surface area contributed by atoms with Gasteiger partial charge in [0.1, 0.15) is 0 Å². The molecule has 3 rings (SSSR count). The van der Waals surface area contributed by atoms with Crippen LogP contribution in [-0.4, -0.2) is 19.7 Å². The van der Waals surface area contributed by atoms with Gasteiger partial charge in [0.15, 0.2) is 0 Å². The maximum absolute atomic E-state index is 5.69. The summed E-state index contributed by atoms with van der Waals surface area (Å²) in [6.07, 6.45) is 5.53. The van der Waals surface area contributed by atoms with E-state index >= 15 is 0 Å². The smallest absolute Gasteiger partial charge is 0.0915 e. The Hall–Kier alpha value is -0.540. The first kappa shape index (κ1) is 10.6. The number of hydrogen-bond acceptors (Lipinski definition) is 3. The van der Waals surface area contributed by atoms with E-state index in [-0.39, 0.29) is 0 Å². The zero-order valence-corrected chi connectivity index (χ0v) is 10.7. The summed E-state index contributed by atoms with van der Waals surface area (Å²) >= 11 is 1.99. The predicted molar refractivity (Wildman–Crippen MR) is 68.5 cm³/mol. The highest BCUT2D eigenvalue weighted by Gasteiger charge is 2.22. The van der Waals surface area contributed by atoms with Crippen LogP contribution in [0.5, 0.6) is 0 Å². The van der Waals surface area contributed by atoms with Gasteiger partial charge in [0.05, 0.1) is 17.7 Å². The minimum absolute atomic E-state index is 0.304. The molecule has 1 fully saturated rings. The molecule has 1 atom stereocenters. The van der Waals surface area contributed by atoms with Crippen LogP contribution in [0.3, 0.4) is 0 Å². The second-order valence-electron chi connectivity index (χ2n) is 4.77. The molecule has 1 unspecified atom stereocenters. The highest BCUT2D eigenvalue weighted by molar-refractivity contribution is 7.16. The van der Waals surface area contributed by atoms with Crippen LogP contribution in [0.2, 0.25) is 0 Å². The van der Waals surface area contributed by atoms with Gasteiger partial charge in [-0.3, -0.25) is 0 Å². The van der Waals surface area contributed by atoms with Crippen molar-refractivity contribution >= 4 is 16.3 Å². The Morgan fingerprint density at radius 1 is 1.31 bits per heavy atom. The summed E-state index contributed by atoms with van der Waals surface area (Å²) in [4.78, 5) is 4.11. The maximum atomic E-state index is 5.69. The number of hydrogen-bond donors (Lipinski definition) is 0. The molecular weight excluding hydrogens is 218 g/mol. The van der Waals surface area contributed by atoms with Gasteiger partial charge in [-0.15, -0.1) is 11.3 Å². The summed E-state index contributed by atoms with van der Waals surface area (Å²) in [5.41, 5.74) is 1.44. The quantitative estimate of drug-likeness (QED) is 0.742. The molecule has 0 spiro atoms. The molecule has 0 N–H and O–H groups in total. The highest BCUT2D eigenvalue weighted by atomic mass is 32.1. The van der Waals surface area contributed by atoms with Crippen molar-refractivity contribution in [2.75, 3.05) is 24.6 Å². The van der Waals surface area contributed by atoms with Crippen molar-refractivity contribution < 1.29 is 4.74 Å². The van der Waals surface area contributed by atoms with Crippen LogP contribution in [-0.2, 0) is 11.2 Å². The van der Waals surface area contributed by atoms with Gasteiger partial charge in [0, 0.05) is 24.4 Å². The van der Waals surface area contributed by atoms with Gasteiger partial charge in [-0.05, 0) is 37.8 Å². The van der Waals surface area contributed by atoms with E-state index in [9.17, 15) is 0 Å². The Kier molecular flexibility index (Phi) is 2.90. The summed E-state index contributed by atoms with van der Waals surface area (Å²) in [5.74, 6) is 0. The normalized spacial score (nSPS) is 25.6. The minimum Gasteiger partial charge on any atom is -0.373 e. The van der Waals surface area contributed by atoms with Crippen molar-refractivity contribution in [2.45, 2.75) is 38.7 Å². The maximum Gasteiger partial charge on any atom is 0.0915 e. The lowest BCUT2D eigenvalue weighted by atomic mass is 10.1. The summed E-state index contributed by atoms with van der Waals surface area (Å²) in [6, 6.07) is 2.37. The average molecular weight is 237 g/mol. The lowest BCUT2D eigenvalue weighted by molar-refractivity contribution is 0.0569. The first-order valence-electron chi connectivity index (χ1n) is 6.34. The summed E-state index contributed by atoms with van der Waals surface area (Å²) in [5, 5.41) is 1.47. The van der Waals surface area contributed by atoms with Crippen molar-refractivity contribution in [1.29, 1.82) is 0 Å². The number of rotatable bonds is 1. The lowest BCUT2D eigenvalue weighted by Gasteiger charge is -2.27. The molecule has 1 saturated heterocycles. The van der Waals surface area contributed by atoms with E-state index in [0.717, 1.165) is 13.0 Å². The van der Waals surface area contributed by atoms with Crippen molar-refractivity contribution in [2.24, 2.45) is 0 Å². The fourth-order valence-corrected chi connectivity index (χ4v) is 3.93. The molecule has 0 amide bonds. The van der Waals surface area contributed by atoms with E-state index < -0.39 is 0 Å². The fraction of sp³-hybridized carbons (Fsp3) is 0.692. The molecule has 1 aromatic heterocycles. The number of anilines is 1. The van der Waals surface area contributed by atoms with E-state index in [1.54, 1.807) is 4.88 Å². The molecule has 0 aromatic carbocycles. The summed E-state index contributed by atoms with van der Waals surface area (Å²) in [6.45, 7) is 5.56. The third-order valence-electron chi connectivity index (χ3n) is 3.63. The van der Waals surface area contributed by atoms with Gasteiger partial charge < -0.3 is 9.64 Å².